The quantitative estimate of drug-likeness (QED) is 0.763. The normalized spacial score (nSPS) is 11.5. The van der Waals surface area contributed by atoms with E-state index in [1.54, 1.807) is 12.3 Å². The highest BCUT2D eigenvalue weighted by Gasteiger charge is 2.05. The first kappa shape index (κ1) is 13.5. The van der Waals surface area contributed by atoms with Gasteiger partial charge in [-0.3, -0.25) is 14.4 Å². The Labute approximate surface area is 105 Å². The number of rotatable bonds is 4. The minimum absolute atomic E-state index is 0.0507. The number of hydrogen-bond donors (Lipinski definition) is 0. The van der Waals surface area contributed by atoms with Gasteiger partial charge >= 0.3 is 0 Å². The van der Waals surface area contributed by atoms with Gasteiger partial charge in [-0.05, 0) is 26.0 Å². The summed E-state index contributed by atoms with van der Waals surface area (Å²) in [5, 5.41) is 8.42. The molecule has 0 amide bonds. The first-order valence-electron chi connectivity index (χ1n) is 5.34. The average Bonchev–Trinajstić information content (AvgIpc) is 2.29. The van der Waals surface area contributed by atoms with Crippen LogP contribution in [-0.4, -0.2) is 28.0 Å². The molecule has 5 heteroatoms. The molecule has 0 atom stereocenters. The van der Waals surface area contributed by atoms with E-state index in [0.717, 1.165) is 0 Å². The molecule has 0 spiro atoms. The summed E-state index contributed by atoms with van der Waals surface area (Å²) in [5.41, 5.74) is 0.657. The van der Waals surface area contributed by atoms with Gasteiger partial charge in [-0.15, -0.1) is 11.8 Å². The first-order chi connectivity index (χ1) is 8.15. The summed E-state index contributed by atoms with van der Waals surface area (Å²) in [6.07, 6.45) is 1.70. The Morgan fingerprint density at radius 2 is 2.35 bits per heavy atom. The molecular weight excluding hydrogens is 234 g/mol. The second-order valence-corrected chi connectivity index (χ2v) is 4.68. The van der Waals surface area contributed by atoms with Crippen molar-refractivity contribution in [2.75, 3.05) is 11.5 Å². The lowest BCUT2D eigenvalue weighted by Gasteiger charge is -2.05. The SMILES string of the molecule is CC(C)N=c1ccccn1C(=O)CSCC#N. The largest absolute Gasteiger partial charge is 0.273 e. The third kappa shape index (κ3) is 4.45. The molecule has 1 aromatic heterocycles. The van der Waals surface area contributed by atoms with Crippen LogP contribution in [0.2, 0.25) is 0 Å². The van der Waals surface area contributed by atoms with Crippen molar-refractivity contribution in [1.29, 1.82) is 5.26 Å². The van der Waals surface area contributed by atoms with E-state index in [9.17, 15) is 4.79 Å². The van der Waals surface area contributed by atoms with Crippen molar-refractivity contribution in [3.8, 4) is 6.07 Å². The second-order valence-electron chi connectivity index (χ2n) is 3.70. The maximum atomic E-state index is 11.9. The lowest BCUT2D eigenvalue weighted by atomic mass is 10.4. The molecule has 17 heavy (non-hydrogen) atoms. The van der Waals surface area contributed by atoms with Crippen LogP contribution in [-0.2, 0) is 0 Å². The molecule has 0 bridgehead atoms. The Kier molecular flexibility index (Phi) is 5.50. The number of aromatic nitrogens is 1. The Morgan fingerprint density at radius 1 is 1.59 bits per heavy atom. The van der Waals surface area contributed by atoms with Gasteiger partial charge in [-0.25, -0.2) is 0 Å². The molecule has 0 saturated heterocycles. The molecular formula is C12H15N3OS. The van der Waals surface area contributed by atoms with Gasteiger partial charge < -0.3 is 0 Å². The van der Waals surface area contributed by atoms with Crippen molar-refractivity contribution in [2.24, 2.45) is 4.99 Å². The summed E-state index contributed by atoms with van der Waals surface area (Å²) in [4.78, 5) is 16.3. The number of thioether (sulfide) groups is 1. The maximum Gasteiger partial charge on any atom is 0.242 e. The van der Waals surface area contributed by atoms with E-state index in [1.807, 2.05) is 32.0 Å². The zero-order chi connectivity index (χ0) is 12.7. The molecule has 90 valence electrons. The highest BCUT2D eigenvalue weighted by atomic mass is 32.2. The van der Waals surface area contributed by atoms with Gasteiger partial charge in [-0.2, -0.15) is 5.26 Å². The smallest absolute Gasteiger partial charge is 0.242 e. The summed E-state index contributed by atoms with van der Waals surface area (Å²) >= 11 is 1.31. The number of carbonyl (C=O) groups is 1. The molecule has 1 aromatic rings. The van der Waals surface area contributed by atoms with E-state index >= 15 is 0 Å². The van der Waals surface area contributed by atoms with Crippen molar-refractivity contribution in [3.63, 3.8) is 0 Å². The van der Waals surface area contributed by atoms with Crippen molar-refractivity contribution in [2.45, 2.75) is 19.9 Å². The van der Waals surface area contributed by atoms with Gasteiger partial charge in [0.05, 0.1) is 17.6 Å². The predicted molar refractivity (Wildman–Crippen MR) is 68.7 cm³/mol. The topological polar surface area (TPSA) is 58.1 Å². The average molecular weight is 249 g/mol. The Hall–Kier alpha value is -1.54. The van der Waals surface area contributed by atoms with Crippen molar-refractivity contribution in [3.05, 3.63) is 29.9 Å². The highest BCUT2D eigenvalue weighted by Crippen LogP contribution is 1.99. The second kappa shape index (κ2) is 6.92. The Bertz CT molecular complexity index is 485. The number of carbonyl (C=O) groups excluding carboxylic acids is 1. The summed E-state index contributed by atoms with van der Waals surface area (Å²) < 4.78 is 1.53. The van der Waals surface area contributed by atoms with Gasteiger partial charge in [0.15, 0.2) is 0 Å². The zero-order valence-corrected chi connectivity index (χ0v) is 10.8. The molecule has 0 aromatic carbocycles. The van der Waals surface area contributed by atoms with Crippen molar-refractivity contribution >= 4 is 17.7 Å². The molecule has 1 rings (SSSR count). The van der Waals surface area contributed by atoms with Crippen LogP contribution >= 0.6 is 11.8 Å². The lowest BCUT2D eigenvalue weighted by Crippen LogP contribution is -2.28. The number of hydrogen-bond acceptors (Lipinski definition) is 4. The molecule has 0 saturated carbocycles. The van der Waals surface area contributed by atoms with Crippen LogP contribution in [0.25, 0.3) is 0 Å². The van der Waals surface area contributed by atoms with Gasteiger partial charge in [0, 0.05) is 12.2 Å². The number of nitrogens with zero attached hydrogens (tertiary/aromatic N) is 3. The monoisotopic (exact) mass is 249 g/mol. The van der Waals surface area contributed by atoms with E-state index in [0.29, 0.717) is 17.0 Å². The fraction of sp³-hybridized carbons (Fsp3) is 0.417. The van der Waals surface area contributed by atoms with E-state index in [2.05, 4.69) is 4.99 Å². The van der Waals surface area contributed by atoms with E-state index in [1.165, 1.54) is 16.3 Å². The van der Waals surface area contributed by atoms with Crippen LogP contribution in [0, 0.1) is 11.3 Å². The molecule has 0 unspecified atom stereocenters. The fourth-order valence-electron chi connectivity index (χ4n) is 1.27. The van der Waals surface area contributed by atoms with E-state index in [4.69, 9.17) is 5.26 Å². The zero-order valence-electron chi connectivity index (χ0n) is 9.96. The molecule has 0 N–H and O–H groups in total. The summed E-state index contributed by atoms with van der Waals surface area (Å²) in [6.45, 7) is 3.93. The summed E-state index contributed by atoms with van der Waals surface area (Å²) in [7, 11) is 0. The van der Waals surface area contributed by atoms with E-state index < -0.39 is 0 Å². The fourth-order valence-corrected chi connectivity index (χ4v) is 1.78. The van der Waals surface area contributed by atoms with Crippen molar-refractivity contribution < 1.29 is 4.79 Å². The van der Waals surface area contributed by atoms with Crippen LogP contribution in [0.15, 0.2) is 29.4 Å². The third-order valence-electron chi connectivity index (χ3n) is 1.89. The van der Waals surface area contributed by atoms with Crippen LogP contribution in [0.4, 0.5) is 0 Å². The molecule has 0 fully saturated rings. The standard InChI is InChI=1S/C12H15N3OS/c1-10(2)14-11-5-3-4-7-15(11)12(16)9-17-8-6-13/h3-5,7,10H,8-9H2,1-2H3. The number of pyridine rings is 1. The van der Waals surface area contributed by atoms with Crippen LogP contribution in [0.1, 0.15) is 18.6 Å². The van der Waals surface area contributed by atoms with Gasteiger partial charge in [-0.1, -0.05) is 6.07 Å². The maximum absolute atomic E-state index is 11.9. The summed E-state index contributed by atoms with van der Waals surface area (Å²) in [5.74, 6) is 0.573. The first-order valence-corrected chi connectivity index (χ1v) is 6.50. The molecule has 0 aliphatic carbocycles. The molecule has 0 aliphatic rings. The van der Waals surface area contributed by atoms with Gasteiger partial charge in [0.25, 0.3) is 0 Å². The molecule has 4 nitrogen and oxygen atoms in total. The minimum Gasteiger partial charge on any atom is -0.273 e. The molecule has 0 radical (unpaired) electrons. The van der Waals surface area contributed by atoms with Crippen LogP contribution in [0.5, 0.6) is 0 Å². The van der Waals surface area contributed by atoms with Gasteiger partial charge in [0.2, 0.25) is 5.91 Å². The van der Waals surface area contributed by atoms with Crippen LogP contribution in [0.3, 0.4) is 0 Å². The van der Waals surface area contributed by atoms with Gasteiger partial charge in [0.1, 0.15) is 5.49 Å². The lowest BCUT2D eigenvalue weighted by molar-refractivity contribution is 0.0936. The third-order valence-corrected chi connectivity index (χ3v) is 2.67. The molecule has 1 heterocycles. The predicted octanol–water partition coefficient (Wildman–Crippen LogP) is 1.69. The minimum atomic E-state index is -0.0507. The van der Waals surface area contributed by atoms with Crippen molar-refractivity contribution in [1.82, 2.24) is 4.57 Å². The summed E-state index contributed by atoms with van der Waals surface area (Å²) in [6, 6.07) is 7.61. The Balaban J connectivity index is 2.91. The highest BCUT2D eigenvalue weighted by molar-refractivity contribution is 8.00. The van der Waals surface area contributed by atoms with E-state index in [-0.39, 0.29) is 11.9 Å². The van der Waals surface area contributed by atoms with Crippen LogP contribution < -0.4 is 5.49 Å². The number of nitriles is 1. The molecule has 0 aliphatic heterocycles. The Morgan fingerprint density at radius 3 is 3.00 bits per heavy atom.